The number of carbonyl (C=O) groups excluding carboxylic acids is 1. The van der Waals surface area contributed by atoms with E-state index in [1.165, 1.54) is 6.07 Å². The van der Waals surface area contributed by atoms with Crippen molar-refractivity contribution in [3.05, 3.63) is 34.1 Å². The smallest absolute Gasteiger partial charge is 0.322 e. The molecule has 0 spiro atoms. The van der Waals surface area contributed by atoms with E-state index >= 15 is 0 Å². The summed E-state index contributed by atoms with van der Waals surface area (Å²) >= 11 is 3.08. The highest BCUT2D eigenvalue weighted by molar-refractivity contribution is 9.10. The molecule has 0 amide bonds. The van der Waals surface area contributed by atoms with Gasteiger partial charge in [-0.25, -0.2) is 4.39 Å². The molecule has 1 atom stereocenters. The minimum atomic E-state index is -0.401. The van der Waals surface area contributed by atoms with Crippen LogP contribution in [0.15, 0.2) is 22.7 Å². The summed E-state index contributed by atoms with van der Waals surface area (Å²) in [6.45, 7) is 4.25. The van der Waals surface area contributed by atoms with Gasteiger partial charge in [-0.05, 0) is 47.5 Å². The van der Waals surface area contributed by atoms with Crippen LogP contribution in [0.25, 0.3) is 0 Å². The maximum atomic E-state index is 13.2. The highest BCUT2D eigenvalue weighted by atomic mass is 79.9. The maximum Gasteiger partial charge on any atom is 0.322 e. The van der Waals surface area contributed by atoms with E-state index in [0.29, 0.717) is 17.6 Å². The Labute approximate surface area is 108 Å². The maximum absolute atomic E-state index is 13.2. The minimum Gasteiger partial charge on any atom is -0.465 e. The van der Waals surface area contributed by atoms with Crippen LogP contribution in [0.1, 0.15) is 19.4 Å². The Morgan fingerprint density at radius 1 is 1.59 bits per heavy atom. The van der Waals surface area contributed by atoms with Gasteiger partial charge in [0.05, 0.1) is 11.1 Å². The molecule has 0 saturated heterocycles. The molecule has 5 heteroatoms. The molecule has 94 valence electrons. The van der Waals surface area contributed by atoms with E-state index in [-0.39, 0.29) is 11.8 Å². The lowest BCUT2D eigenvalue weighted by atomic mass is 10.2. The highest BCUT2D eigenvalue weighted by Gasteiger charge is 2.12. The zero-order valence-corrected chi connectivity index (χ0v) is 11.4. The molecule has 1 N–H and O–H groups in total. The molecule has 1 aromatic carbocycles. The molecule has 1 unspecified atom stereocenters. The second-order valence-corrected chi connectivity index (χ2v) is 4.46. The molecule has 0 aliphatic heterocycles. The normalized spacial score (nSPS) is 12.2. The quantitative estimate of drug-likeness (QED) is 0.850. The highest BCUT2D eigenvalue weighted by Crippen LogP contribution is 2.16. The van der Waals surface area contributed by atoms with Crippen LogP contribution in [-0.4, -0.2) is 18.6 Å². The van der Waals surface area contributed by atoms with Crippen LogP contribution >= 0.6 is 15.9 Å². The largest absolute Gasteiger partial charge is 0.465 e. The molecule has 0 radical (unpaired) electrons. The number of hydrogen-bond donors (Lipinski definition) is 1. The SMILES string of the molecule is CCOC(=O)C(C)NCc1ccc(Br)c(F)c1. The van der Waals surface area contributed by atoms with Crippen LogP contribution < -0.4 is 5.32 Å². The zero-order valence-electron chi connectivity index (χ0n) is 9.80. The van der Waals surface area contributed by atoms with Crippen molar-refractivity contribution in [2.75, 3.05) is 6.61 Å². The number of rotatable bonds is 5. The Morgan fingerprint density at radius 3 is 2.88 bits per heavy atom. The van der Waals surface area contributed by atoms with Gasteiger partial charge in [-0.1, -0.05) is 6.07 Å². The summed E-state index contributed by atoms with van der Waals surface area (Å²) < 4.78 is 18.5. The molecule has 17 heavy (non-hydrogen) atoms. The summed E-state index contributed by atoms with van der Waals surface area (Å²) in [4.78, 5) is 11.3. The Balaban J connectivity index is 2.50. The number of benzene rings is 1. The Hall–Kier alpha value is -0.940. The molecule has 0 aliphatic rings. The second-order valence-electron chi connectivity index (χ2n) is 3.60. The van der Waals surface area contributed by atoms with Gasteiger partial charge in [-0.2, -0.15) is 0 Å². The van der Waals surface area contributed by atoms with Gasteiger partial charge in [0, 0.05) is 6.54 Å². The molecule has 0 saturated carbocycles. The lowest BCUT2D eigenvalue weighted by Gasteiger charge is -2.12. The molecule has 0 bridgehead atoms. The molecular formula is C12H15BrFNO2. The van der Waals surface area contributed by atoms with Crippen molar-refractivity contribution in [1.82, 2.24) is 5.32 Å². The summed E-state index contributed by atoms with van der Waals surface area (Å²) in [5, 5.41) is 2.97. The monoisotopic (exact) mass is 303 g/mol. The van der Waals surface area contributed by atoms with Gasteiger partial charge in [-0.15, -0.1) is 0 Å². The van der Waals surface area contributed by atoms with Gasteiger partial charge in [0.1, 0.15) is 11.9 Å². The van der Waals surface area contributed by atoms with Gasteiger partial charge >= 0.3 is 5.97 Å². The molecule has 0 heterocycles. The first-order valence-electron chi connectivity index (χ1n) is 5.38. The van der Waals surface area contributed by atoms with Gasteiger partial charge in [-0.3, -0.25) is 4.79 Å². The van der Waals surface area contributed by atoms with E-state index in [9.17, 15) is 9.18 Å². The predicted octanol–water partition coefficient (Wildman–Crippen LogP) is 2.63. The summed E-state index contributed by atoms with van der Waals surface area (Å²) in [5.74, 6) is -0.613. The predicted molar refractivity (Wildman–Crippen MR) is 67.0 cm³/mol. The Kier molecular flexibility index (Phi) is 5.58. The lowest BCUT2D eigenvalue weighted by molar-refractivity contribution is -0.145. The van der Waals surface area contributed by atoms with Crippen LogP contribution in [-0.2, 0) is 16.1 Å². The molecular weight excluding hydrogens is 289 g/mol. The van der Waals surface area contributed by atoms with Crippen LogP contribution in [0.4, 0.5) is 4.39 Å². The average molecular weight is 304 g/mol. The molecule has 1 aromatic rings. The number of halogens is 2. The fraction of sp³-hybridized carbons (Fsp3) is 0.417. The fourth-order valence-electron chi connectivity index (χ4n) is 1.27. The summed E-state index contributed by atoms with van der Waals surface area (Å²) in [6, 6.07) is 4.45. The third-order valence-electron chi connectivity index (χ3n) is 2.24. The van der Waals surface area contributed by atoms with E-state index in [1.807, 2.05) is 0 Å². The average Bonchev–Trinajstić information content (AvgIpc) is 2.30. The van der Waals surface area contributed by atoms with Gasteiger partial charge in [0.25, 0.3) is 0 Å². The van der Waals surface area contributed by atoms with Crippen molar-refractivity contribution < 1.29 is 13.9 Å². The van der Waals surface area contributed by atoms with E-state index in [1.54, 1.807) is 26.0 Å². The van der Waals surface area contributed by atoms with E-state index in [2.05, 4.69) is 21.2 Å². The zero-order chi connectivity index (χ0) is 12.8. The second kappa shape index (κ2) is 6.71. The fourth-order valence-corrected chi connectivity index (χ4v) is 1.52. The summed E-state index contributed by atoms with van der Waals surface area (Å²) in [5.41, 5.74) is 0.779. The molecule has 0 aliphatic carbocycles. The van der Waals surface area contributed by atoms with Gasteiger partial charge in [0.15, 0.2) is 0 Å². The molecule has 3 nitrogen and oxygen atoms in total. The third kappa shape index (κ3) is 4.44. The van der Waals surface area contributed by atoms with Crippen LogP contribution in [0, 0.1) is 5.82 Å². The molecule has 0 fully saturated rings. The van der Waals surface area contributed by atoms with Gasteiger partial charge in [0.2, 0.25) is 0 Å². The number of carbonyl (C=O) groups is 1. The number of hydrogen-bond acceptors (Lipinski definition) is 3. The first kappa shape index (κ1) is 14.1. The van der Waals surface area contributed by atoms with Crippen molar-refractivity contribution in [2.24, 2.45) is 0 Å². The summed E-state index contributed by atoms with van der Waals surface area (Å²) in [7, 11) is 0. The Bertz CT molecular complexity index is 398. The van der Waals surface area contributed by atoms with Crippen molar-refractivity contribution >= 4 is 21.9 Å². The van der Waals surface area contributed by atoms with Crippen molar-refractivity contribution in [3.63, 3.8) is 0 Å². The molecule has 0 aromatic heterocycles. The molecule has 1 rings (SSSR count). The topological polar surface area (TPSA) is 38.3 Å². The van der Waals surface area contributed by atoms with Crippen LogP contribution in [0.2, 0.25) is 0 Å². The number of esters is 1. The summed E-state index contributed by atoms with van der Waals surface area (Å²) in [6.07, 6.45) is 0. The van der Waals surface area contributed by atoms with Crippen molar-refractivity contribution in [3.8, 4) is 0 Å². The first-order chi connectivity index (χ1) is 8.04. The lowest BCUT2D eigenvalue weighted by Crippen LogP contribution is -2.34. The van der Waals surface area contributed by atoms with E-state index in [0.717, 1.165) is 5.56 Å². The van der Waals surface area contributed by atoms with E-state index in [4.69, 9.17) is 4.74 Å². The van der Waals surface area contributed by atoms with Gasteiger partial charge < -0.3 is 10.1 Å². The van der Waals surface area contributed by atoms with Crippen molar-refractivity contribution in [2.45, 2.75) is 26.4 Å². The Morgan fingerprint density at radius 2 is 2.29 bits per heavy atom. The van der Waals surface area contributed by atoms with Crippen molar-refractivity contribution in [1.29, 1.82) is 0 Å². The number of ether oxygens (including phenoxy) is 1. The minimum absolute atomic E-state index is 0.301. The van der Waals surface area contributed by atoms with E-state index < -0.39 is 6.04 Å². The third-order valence-corrected chi connectivity index (χ3v) is 2.88. The standard InChI is InChI=1S/C12H15BrFNO2/c1-3-17-12(16)8(2)15-7-9-4-5-10(13)11(14)6-9/h4-6,8,15H,3,7H2,1-2H3. The van der Waals surface area contributed by atoms with Crippen LogP contribution in [0.5, 0.6) is 0 Å². The number of nitrogens with one attached hydrogen (secondary N) is 1. The van der Waals surface area contributed by atoms with Crippen LogP contribution in [0.3, 0.4) is 0 Å². The first-order valence-corrected chi connectivity index (χ1v) is 6.17.